The van der Waals surface area contributed by atoms with Crippen LogP contribution in [0.2, 0.25) is 0 Å². The van der Waals surface area contributed by atoms with E-state index in [1.807, 2.05) is 13.0 Å². The number of hydrogen-bond acceptors (Lipinski definition) is 2. The third-order valence-corrected chi connectivity index (χ3v) is 3.55. The Morgan fingerprint density at radius 3 is 3.07 bits per heavy atom. The molecule has 2 unspecified atom stereocenters. The second-order valence-corrected chi connectivity index (χ2v) is 4.57. The summed E-state index contributed by atoms with van der Waals surface area (Å²) in [6, 6.07) is 0.456. The van der Waals surface area contributed by atoms with Gasteiger partial charge in [0.05, 0.1) is 0 Å². The molecule has 3 heteroatoms. The van der Waals surface area contributed by atoms with Crippen molar-refractivity contribution in [3.05, 3.63) is 11.6 Å². The zero-order chi connectivity index (χ0) is 10.8. The summed E-state index contributed by atoms with van der Waals surface area (Å²) in [7, 11) is 0. The van der Waals surface area contributed by atoms with E-state index in [9.17, 15) is 4.79 Å². The molecule has 0 bridgehead atoms. The molecule has 2 fully saturated rings. The van der Waals surface area contributed by atoms with Gasteiger partial charge in [-0.15, -0.1) is 0 Å². The second kappa shape index (κ2) is 4.35. The SMILES string of the molecule is CC/C=C(\C)C(=O)N1CCC2CNCC21. The smallest absolute Gasteiger partial charge is 0.249 e. The van der Waals surface area contributed by atoms with Crippen LogP contribution in [-0.4, -0.2) is 36.5 Å². The highest BCUT2D eigenvalue weighted by Gasteiger charge is 2.39. The van der Waals surface area contributed by atoms with Crippen molar-refractivity contribution >= 4 is 5.91 Å². The molecule has 2 aliphatic heterocycles. The first-order chi connectivity index (χ1) is 7.24. The van der Waals surface area contributed by atoms with Crippen LogP contribution in [0, 0.1) is 5.92 Å². The van der Waals surface area contributed by atoms with Crippen LogP contribution in [0.25, 0.3) is 0 Å². The zero-order valence-electron chi connectivity index (χ0n) is 9.62. The van der Waals surface area contributed by atoms with Crippen LogP contribution in [0.15, 0.2) is 11.6 Å². The van der Waals surface area contributed by atoms with E-state index in [2.05, 4.69) is 17.1 Å². The standard InChI is InChI=1S/C12H20N2O/c1-3-4-9(2)12(15)14-6-5-10-7-13-8-11(10)14/h4,10-11,13H,3,5-8H2,1-2H3/b9-4+. The van der Waals surface area contributed by atoms with Crippen molar-refractivity contribution in [1.82, 2.24) is 10.2 Å². The van der Waals surface area contributed by atoms with Crippen LogP contribution in [0.3, 0.4) is 0 Å². The maximum absolute atomic E-state index is 12.1. The molecule has 0 spiro atoms. The van der Waals surface area contributed by atoms with Crippen molar-refractivity contribution in [3.8, 4) is 0 Å². The number of nitrogens with one attached hydrogen (secondary N) is 1. The van der Waals surface area contributed by atoms with Gasteiger partial charge in [0, 0.05) is 31.2 Å². The average Bonchev–Trinajstić information content (AvgIpc) is 2.77. The van der Waals surface area contributed by atoms with E-state index >= 15 is 0 Å². The highest BCUT2D eigenvalue weighted by atomic mass is 16.2. The summed E-state index contributed by atoms with van der Waals surface area (Å²) < 4.78 is 0. The maximum Gasteiger partial charge on any atom is 0.249 e. The summed E-state index contributed by atoms with van der Waals surface area (Å²) in [4.78, 5) is 14.2. The second-order valence-electron chi connectivity index (χ2n) is 4.57. The Morgan fingerprint density at radius 1 is 1.53 bits per heavy atom. The average molecular weight is 208 g/mol. The molecule has 84 valence electrons. The summed E-state index contributed by atoms with van der Waals surface area (Å²) in [6.45, 7) is 7.02. The third-order valence-electron chi connectivity index (χ3n) is 3.55. The summed E-state index contributed by atoms with van der Waals surface area (Å²) in [5.74, 6) is 0.941. The highest BCUT2D eigenvalue weighted by molar-refractivity contribution is 5.93. The van der Waals surface area contributed by atoms with Crippen LogP contribution < -0.4 is 5.32 Å². The van der Waals surface area contributed by atoms with Crippen LogP contribution in [0.5, 0.6) is 0 Å². The number of allylic oxidation sites excluding steroid dienone is 1. The van der Waals surface area contributed by atoms with Gasteiger partial charge in [-0.25, -0.2) is 0 Å². The minimum atomic E-state index is 0.244. The van der Waals surface area contributed by atoms with Crippen LogP contribution in [-0.2, 0) is 4.79 Å². The van der Waals surface area contributed by atoms with Crippen molar-refractivity contribution in [2.45, 2.75) is 32.7 Å². The molecule has 0 radical (unpaired) electrons. The summed E-state index contributed by atoms with van der Waals surface area (Å²) in [5.41, 5.74) is 0.907. The highest BCUT2D eigenvalue weighted by Crippen LogP contribution is 2.28. The maximum atomic E-state index is 12.1. The molecule has 1 N–H and O–H groups in total. The quantitative estimate of drug-likeness (QED) is 0.691. The Bertz CT molecular complexity index is 285. The van der Waals surface area contributed by atoms with E-state index in [4.69, 9.17) is 0 Å². The fourth-order valence-corrected chi connectivity index (χ4v) is 2.72. The van der Waals surface area contributed by atoms with Gasteiger partial charge in [0.25, 0.3) is 0 Å². The molecule has 0 saturated carbocycles. The Hall–Kier alpha value is -0.830. The molecule has 2 aliphatic rings. The number of hydrogen-bond donors (Lipinski definition) is 1. The normalized spacial score (nSPS) is 30.8. The number of likely N-dealkylation sites (tertiary alicyclic amines) is 1. The van der Waals surface area contributed by atoms with E-state index in [-0.39, 0.29) is 5.91 Å². The van der Waals surface area contributed by atoms with Gasteiger partial charge < -0.3 is 10.2 Å². The van der Waals surface area contributed by atoms with Gasteiger partial charge in [-0.3, -0.25) is 4.79 Å². The molecule has 2 rings (SSSR count). The molecular weight excluding hydrogens is 188 g/mol. The lowest BCUT2D eigenvalue weighted by atomic mass is 10.0. The molecule has 2 heterocycles. The topological polar surface area (TPSA) is 32.3 Å². The Kier molecular flexibility index (Phi) is 3.10. The molecule has 15 heavy (non-hydrogen) atoms. The predicted molar refractivity (Wildman–Crippen MR) is 60.5 cm³/mol. The largest absolute Gasteiger partial charge is 0.334 e. The van der Waals surface area contributed by atoms with E-state index in [1.54, 1.807) is 0 Å². The first kappa shape index (κ1) is 10.7. The fourth-order valence-electron chi connectivity index (χ4n) is 2.72. The minimum absolute atomic E-state index is 0.244. The van der Waals surface area contributed by atoms with E-state index in [0.717, 1.165) is 31.6 Å². The molecular formula is C12H20N2O. The lowest BCUT2D eigenvalue weighted by Gasteiger charge is -2.23. The Labute approximate surface area is 91.5 Å². The first-order valence-electron chi connectivity index (χ1n) is 5.92. The molecule has 0 aromatic heterocycles. The van der Waals surface area contributed by atoms with Gasteiger partial charge in [-0.2, -0.15) is 0 Å². The zero-order valence-corrected chi connectivity index (χ0v) is 9.62. The van der Waals surface area contributed by atoms with Gasteiger partial charge in [0.15, 0.2) is 0 Å². The molecule has 3 nitrogen and oxygen atoms in total. The van der Waals surface area contributed by atoms with Gasteiger partial charge in [0.2, 0.25) is 5.91 Å². The van der Waals surface area contributed by atoms with Crippen molar-refractivity contribution in [3.63, 3.8) is 0 Å². The number of amides is 1. The van der Waals surface area contributed by atoms with Crippen LogP contribution >= 0.6 is 0 Å². The third kappa shape index (κ3) is 1.93. The molecule has 2 saturated heterocycles. The molecule has 2 atom stereocenters. The van der Waals surface area contributed by atoms with E-state index < -0.39 is 0 Å². The Morgan fingerprint density at radius 2 is 2.33 bits per heavy atom. The van der Waals surface area contributed by atoms with Gasteiger partial charge in [-0.1, -0.05) is 13.0 Å². The molecule has 0 aliphatic carbocycles. The van der Waals surface area contributed by atoms with E-state index in [0.29, 0.717) is 12.0 Å². The van der Waals surface area contributed by atoms with Crippen molar-refractivity contribution in [2.75, 3.05) is 19.6 Å². The fraction of sp³-hybridized carbons (Fsp3) is 0.750. The number of rotatable bonds is 2. The predicted octanol–water partition coefficient (Wildman–Crippen LogP) is 1.16. The van der Waals surface area contributed by atoms with Crippen molar-refractivity contribution < 1.29 is 4.79 Å². The minimum Gasteiger partial charge on any atom is -0.334 e. The van der Waals surface area contributed by atoms with E-state index in [1.165, 1.54) is 6.42 Å². The number of carbonyl (C=O) groups is 1. The van der Waals surface area contributed by atoms with Crippen LogP contribution in [0.1, 0.15) is 26.7 Å². The molecule has 0 aromatic rings. The van der Waals surface area contributed by atoms with Crippen molar-refractivity contribution in [1.29, 1.82) is 0 Å². The van der Waals surface area contributed by atoms with Crippen molar-refractivity contribution in [2.24, 2.45) is 5.92 Å². The Balaban J connectivity index is 2.05. The molecule has 1 amide bonds. The molecule has 0 aromatic carbocycles. The monoisotopic (exact) mass is 208 g/mol. The summed E-state index contributed by atoms with van der Waals surface area (Å²) >= 11 is 0. The lowest BCUT2D eigenvalue weighted by Crippen LogP contribution is -2.39. The van der Waals surface area contributed by atoms with Crippen LogP contribution in [0.4, 0.5) is 0 Å². The van der Waals surface area contributed by atoms with Gasteiger partial charge in [-0.05, 0) is 25.7 Å². The number of carbonyl (C=O) groups excluding carboxylic acids is 1. The summed E-state index contributed by atoms with van der Waals surface area (Å²) in [6.07, 6.45) is 4.14. The number of fused-ring (bicyclic) bond motifs is 1. The van der Waals surface area contributed by atoms with Gasteiger partial charge >= 0.3 is 0 Å². The number of nitrogens with zero attached hydrogens (tertiary/aromatic N) is 1. The van der Waals surface area contributed by atoms with Gasteiger partial charge in [0.1, 0.15) is 0 Å². The first-order valence-corrected chi connectivity index (χ1v) is 5.92. The lowest BCUT2D eigenvalue weighted by molar-refractivity contribution is -0.127. The summed E-state index contributed by atoms with van der Waals surface area (Å²) in [5, 5.41) is 3.37.